The molecule has 0 saturated carbocycles. The van der Waals surface area contributed by atoms with Crippen LogP contribution in [-0.2, 0) is 9.53 Å². The largest absolute Gasteiger partial charge is 0.481 e. The number of amides is 2. The van der Waals surface area contributed by atoms with Crippen molar-refractivity contribution in [2.45, 2.75) is 25.3 Å². The normalized spacial score (nSPS) is 12.5. The third-order valence-electron chi connectivity index (χ3n) is 2.92. The second kappa shape index (κ2) is 7.64. The molecule has 1 atom stereocenters. The highest BCUT2D eigenvalue weighted by molar-refractivity contribution is 5.79. The minimum atomic E-state index is -0.974. The number of nitrogens with one attached hydrogen (secondary N) is 2. The summed E-state index contributed by atoms with van der Waals surface area (Å²) in [6.45, 7) is 4.03. The van der Waals surface area contributed by atoms with E-state index in [0.29, 0.717) is 12.2 Å². The molecule has 1 rings (SSSR count). The average Bonchev–Trinajstić information content (AvgIpc) is 2.38. The molecule has 1 aromatic rings. The van der Waals surface area contributed by atoms with E-state index < -0.39 is 23.5 Å². The van der Waals surface area contributed by atoms with Crippen molar-refractivity contribution < 1.29 is 19.4 Å². The smallest absolute Gasteiger partial charge is 0.315 e. The maximum atomic E-state index is 11.8. The topological polar surface area (TPSA) is 87.7 Å². The van der Waals surface area contributed by atoms with E-state index in [9.17, 15) is 14.7 Å². The Hall–Kier alpha value is -2.08. The summed E-state index contributed by atoms with van der Waals surface area (Å²) in [5.74, 6) is -1.75. The average molecular weight is 294 g/mol. The first kappa shape index (κ1) is 17.0. The molecule has 3 N–H and O–H groups in total. The molecule has 0 radical (unpaired) electrons. The lowest BCUT2D eigenvalue weighted by atomic mass is 9.99. The lowest BCUT2D eigenvalue weighted by molar-refractivity contribution is -0.138. The molecule has 2 amide bonds. The molecule has 0 aromatic heterocycles. The number of carbonyl (C=O) groups excluding carboxylic acids is 1. The van der Waals surface area contributed by atoms with Gasteiger partial charge in [-0.15, -0.1) is 0 Å². The van der Waals surface area contributed by atoms with Crippen LogP contribution in [0.25, 0.3) is 0 Å². The van der Waals surface area contributed by atoms with Crippen molar-refractivity contribution in [1.29, 1.82) is 0 Å². The number of carboxylic acid groups (broad SMARTS) is 1. The summed E-state index contributed by atoms with van der Waals surface area (Å²) >= 11 is 0. The summed E-state index contributed by atoms with van der Waals surface area (Å²) in [6.07, 6.45) is 0. The number of benzene rings is 1. The zero-order chi connectivity index (χ0) is 15.9. The van der Waals surface area contributed by atoms with Crippen molar-refractivity contribution in [1.82, 2.24) is 10.6 Å². The van der Waals surface area contributed by atoms with E-state index in [1.54, 1.807) is 31.4 Å². The molecule has 6 heteroatoms. The van der Waals surface area contributed by atoms with Crippen molar-refractivity contribution in [3.05, 3.63) is 35.9 Å². The molecular weight excluding hydrogens is 272 g/mol. The molecule has 1 unspecified atom stereocenters. The van der Waals surface area contributed by atoms with Crippen LogP contribution in [0.3, 0.4) is 0 Å². The monoisotopic (exact) mass is 294 g/mol. The summed E-state index contributed by atoms with van der Waals surface area (Å²) in [4.78, 5) is 23.1. The number of methoxy groups -OCH3 is 1. The van der Waals surface area contributed by atoms with Gasteiger partial charge in [-0.05, 0) is 19.4 Å². The highest BCUT2D eigenvalue weighted by Gasteiger charge is 2.23. The number of hydrogen-bond acceptors (Lipinski definition) is 3. The van der Waals surface area contributed by atoms with Crippen molar-refractivity contribution in [2.75, 3.05) is 20.3 Å². The second-order valence-corrected chi connectivity index (χ2v) is 5.45. The van der Waals surface area contributed by atoms with Gasteiger partial charge in [0.2, 0.25) is 0 Å². The Balaban J connectivity index is 2.59. The van der Waals surface area contributed by atoms with Crippen molar-refractivity contribution >= 4 is 12.0 Å². The van der Waals surface area contributed by atoms with Gasteiger partial charge >= 0.3 is 12.0 Å². The molecule has 0 aliphatic carbocycles. The zero-order valence-electron chi connectivity index (χ0n) is 12.6. The van der Waals surface area contributed by atoms with E-state index in [0.717, 1.165) is 0 Å². The lowest BCUT2D eigenvalue weighted by Crippen LogP contribution is -2.51. The van der Waals surface area contributed by atoms with Crippen LogP contribution in [0.15, 0.2) is 30.3 Å². The number of carboxylic acids is 1. The molecule has 0 aliphatic rings. The Labute approximate surface area is 124 Å². The number of urea groups is 1. The number of rotatable bonds is 7. The SMILES string of the molecule is COCC(C)(C)NC(=O)NCC(C(=O)O)c1ccccc1. The van der Waals surface area contributed by atoms with Crippen LogP contribution in [0.4, 0.5) is 4.79 Å². The van der Waals surface area contributed by atoms with Crippen molar-refractivity contribution in [3.8, 4) is 0 Å². The Bertz CT molecular complexity index is 474. The quantitative estimate of drug-likeness (QED) is 0.712. The van der Waals surface area contributed by atoms with Crippen LogP contribution < -0.4 is 10.6 Å². The van der Waals surface area contributed by atoms with E-state index in [1.165, 1.54) is 0 Å². The fourth-order valence-corrected chi connectivity index (χ4v) is 1.98. The number of hydrogen-bond donors (Lipinski definition) is 3. The first-order valence-corrected chi connectivity index (χ1v) is 6.68. The molecule has 0 fully saturated rings. The Morgan fingerprint density at radius 1 is 1.29 bits per heavy atom. The Morgan fingerprint density at radius 2 is 1.90 bits per heavy atom. The standard InChI is InChI=1S/C15H22N2O4/c1-15(2,10-21-3)17-14(20)16-9-12(13(18)19)11-7-5-4-6-8-11/h4-8,12H,9-10H2,1-3H3,(H,18,19)(H2,16,17,20). The second-order valence-electron chi connectivity index (χ2n) is 5.45. The van der Waals surface area contributed by atoms with Gasteiger partial charge in [-0.1, -0.05) is 30.3 Å². The highest BCUT2D eigenvalue weighted by atomic mass is 16.5. The highest BCUT2D eigenvalue weighted by Crippen LogP contribution is 2.14. The van der Waals surface area contributed by atoms with Gasteiger partial charge in [0.1, 0.15) is 0 Å². The van der Waals surface area contributed by atoms with E-state index in [-0.39, 0.29) is 6.54 Å². The summed E-state index contributed by atoms with van der Waals surface area (Å²) in [5.41, 5.74) is 0.131. The van der Waals surface area contributed by atoms with Crippen LogP contribution >= 0.6 is 0 Å². The summed E-state index contributed by atoms with van der Waals surface area (Å²) in [6, 6.07) is 8.40. The van der Waals surface area contributed by atoms with Crippen LogP contribution in [-0.4, -0.2) is 42.9 Å². The van der Waals surface area contributed by atoms with Crippen LogP contribution in [0.5, 0.6) is 0 Å². The van der Waals surface area contributed by atoms with Gasteiger partial charge in [0.15, 0.2) is 0 Å². The van der Waals surface area contributed by atoms with Gasteiger partial charge in [-0.2, -0.15) is 0 Å². The zero-order valence-corrected chi connectivity index (χ0v) is 12.6. The number of ether oxygens (including phenoxy) is 1. The van der Waals surface area contributed by atoms with Crippen LogP contribution in [0, 0.1) is 0 Å². The maximum absolute atomic E-state index is 11.8. The molecule has 0 heterocycles. The summed E-state index contributed by atoms with van der Waals surface area (Å²) in [5, 5.41) is 14.6. The first-order valence-electron chi connectivity index (χ1n) is 6.68. The fourth-order valence-electron chi connectivity index (χ4n) is 1.98. The Morgan fingerprint density at radius 3 is 2.43 bits per heavy atom. The predicted molar refractivity (Wildman–Crippen MR) is 79.3 cm³/mol. The minimum absolute atomic E-state index is 0.0221. The third kappa shape index (κ3) is 5.83. The molecule has 6 nitrogen and oxygen atoms in total. The van der Waals surface area contributed by atoms with E-state index in [2.05, 4.69) is 10.6 Å². The van der Waals surface area contributed by atoms with Crippen molar-refractivity contribution in [2.24, 2.45) is 0 Å². The maximum Gasteiger partial charge on any atom is 0.315 e. The summed E-state index contributed by atoms with van der Waals surface area (Å²) < 4.78 is 5.00. The Kier molecular flexibility index (Phi) is 6.17. The molecule has 116 valence electrons. The minimum Gasteiger partial charge on any atom is -0.481 e. The molecule has 1 aromatic carbocycles. The van der Waals surface area contributed by atoms with Crippen molar-refractivity contribution in [3.63, 3.8) is 0 Å². The van der Waals surface area contributed by atoms with Crippen LogP contribution in [0.2, 0.25) is 0 Å². The van der Waals surface area contributed by atoms with Gasteiger partial charge in [-0.3, -0.25) is 4.79 Å². The van der Waals surface area contributed by atoms with Gasteiger partial charge in [0, 0.05) is 13.7 Å². The first-order chi connectivity index (χ1) is 9.85. The third-order valence-corrected chi connectivity index (χ3v) is 2.92. The van der Waals surface area contributed by atoms with Gasteiger partial charge in [-0.25, -0.2) is 4.79 Å². The molecular formula is C15H22N2O4. The fraction of sp³-hybridized carbons (Fsp3) is 0.467. The number of carbonyl (C=O) groups is 2. The molecule has 0 spiro atoms. The number of aliphatic carboxylic acids is 1. The van der Waals surface area contributed by atoms with E-state index in [1.807, 2.05) is 19.9 Å². The predicted octanol–water partition coefficient (Wildman–Crippen LogP) is 1.58. The van der Waals surface area contributed by atoms with Gasteiger partial charge < -0.3 is 20.5 Å². The molecule has 0 bridgehead atoms. The van der Waals surface area contributed by atoms with Gasteiger partial charge in [0.05, 0.1) is 18.1 Å². The lowest BCUT2D eigenvalue weighted by Gasteiger charge is -2.25. The van der Waals surface area contributed by atoms with E-state index >= 15 is 0 Å². The molecule has 0 aliphatic heterocycles. The van der Waals surface area contributed by atoms with Crippen LogP contribution in [0.1, 0.15) is 25.3 Å². The molecule has 0 saturated heterocycles. The summed E-state index contributed by atoms with van der Waals surface area (Å²) in [7, 11) is 1.55. The molecule has 21 heavy (non-hydrogen) atoms. The van der Waals surface area contributed by atoms with Gasteiger partial charge in [0.25, 0.3) is 0 Å². The van der Waals surface area contributed by atoms with E-state index in [4.69, 9.17) is 4.74 Å².